The van der Waals surface area contributed by atoms with Gasteiger partial charge in [-0.1, -0.05) is 13.8 Å². The molecule has 2 unspecified atom stereocenters. The molecule has 90 valence electrons. The summed E-state index contributed by atoms with van der Waals surface area (Å²) in [6.45, 7) is 8.52. The number of hydrogen-bond acceptors (Lipinski definition) is 3. The van der Waals surface area contributed by atoms with Gasteiger partial charge >= 0.3 is 0 Å². The Kier molecular flexibility index (Phi) is 6.22. The number of aliphatic hydroxyl groups is 1. The van der Waals surface area contributed by atoms with E-state index in [-0.39, 0.29) is 0 Å². The van der Waals surface area contributed by atoms with E-state index in [1.54, 1.807) is 0 Å². The number of aliphatic hydroxyl groups excluding tert-OH is 1. The van der Waals surface area contributed by atoms with Crippen LogP contribution in [0.1, 0.15) is 26.7 Å². The van der Waals surface area contributed by atoms with Gasteiger partial charge < -0.3 is 15.2 Å². The predicted molar refractivity (Wildman–Crippen MR) is 61.8 cm³/mol. The second-order valence-corrected chi connectivity index (χ2v) is 4.95. The van der Waals surface area contributed by atoms with Crippen LogP contribution in [0.25, 0.3) is 0 Å². The second kappa shape index (κ2) is 7.20. The molecule has 1 saturated heterocycles. The van der Waals surface area contributed by atoms with Crippen LogP contribution in [0.4, 0.5) is 0 Å². The number of nitrogens with one attached hydrogen (secondary N) is 1. The lowest BCUT2D eigenvalue weighted by atomic mass is 9.89. The highest BCUT2D eigenvalue weighted by Crippen LogP contribution is 2.23. The summed E-state index contributed by atoms with van der Waals surface area (Å²) in [5, 5.41) is 12.7. The van der Waals surface area contributed by atoms with Crippen molar-refractivity contribution >= 4 is 0 Å². The van der Waals surface area contributed by atoms with Crippen LogP contribution in [-0.4, -0.2) is 38.0 Å². The Bertz CT molecular complexity index is 156. The maximum atomic E-state index is 9.31. The highest BCUT2D eigenvalue weighted by atomic mass is 16.5. The molecule has 0 aromatic heterocycles. The van der Waals surface area contributed by atoms with Gasteiger partial charge in [0.1, 0.15) is 0 Å². The normalized spacial score (nSPS) is 23.6. The van der Waals surface area contributed by atoms with E-state index in [2.05, 4.69) is 19.2 Å². The van der Waals surface area contributed by atoms with E-state index in [1.165, 1.54) is 0 Å². The molecular formula is C12H25NO2. The standard InChI is InChI=1S/C12H25NO2/c1-10(2)7-13-5-3-11(8-14)12-4-6-15-9-12/h10-14H,3-9H2,1-2H3. The fraction of sp³-hybridized carbons (Fsp3) is 1.00. The fourth-order valence-corrected chi connectivity index (χ4v) is 2.08. The summed E-state index contributed by atoms with van der Waals surface area (Å²) in [5.41, 5.74) is 0. The van der Waals surface area contributed by atoms with Gasteiger partial charge in [-0.2, -0.15) is 0 Å². The maximum absolute atomic E-state index is 9.31. The van der Waals surface area contributed by atoms with Gasteiger partial charge in [-0.25, -0.2) is 0 Å². The molecule has 2 atom stereocenters. The van der Waals surface area contributed by atoms with Crippen molar-refractivity contribution in [2.75, 3.05) is 32.9 Å². The lowest BCUT2D eigenvalue weighted by Crippen LogP contribution is -2.27. The third-order valence-corrected chi connectivity index (χ3v) is 3.11. The van der Waals surface area contributed by atoms with Crippen LogP contribution in [0.3, 0.4) is 0 Å². The van der Waals surface area contributed by atoms with Crippen LogP contribution < -0.4 is 5.32 Å². The Morgan fingerprint density at radius 1 is 1.47 bits per heavy atom. The van der Waals surface area contributed by atoms with Crippen LogP contribution in [0.15, 0.2) is 0 Å². The van der Waals surface area contributed by atoms with E-state index in [0.717, 1.165) is 39.1 Å². The molecule has 0 aromatic rings. The van der Waals surface area contributed by atoms with E-state index in [9.17, 15) is 5.11 Å². The summed E-state index contributed by atoms with van der Waals surface area (Å²) in [5.74, 6) is 1.70. The summed E-state index contributed by atoms with van der Waals surface area (Å²) in [4.78, 5) is 0. The Hall–Kier alpha value is -0.120. The van der Waals surface area contributed by atoms with Crippen molar-refractivity contribution in [3.63, 3.8) is 0 Å². The quantitative estimate of drug-likeness (QED) is 0.628. The molecule has 0 spiro atoms. The molecule has 0 amide bonds. The Labute approximate surface area is 93.2 Å². The van der Waals surface area contributed by atoms with Gasteiger partial charge in [0, 0.05) is 19.8 Å². The molecule has 0 aliphatic carbocycles. The van der Waals surface area contributed by atoms with Crippen molar-refractivity contribution in [3.05, 3.63) is 0 Å². The summed E-state index contributed by atoms with van der Waals surface area (Å²) >= 11 is 0. The minimum atomic E-state index is 0.303. The van der Waals surface area contributed by atoms with Gasteiger partial charge in [0.05, 0.1) is 0 Å². The topological polar surface area (TPSA) is 41.5 Å². The third-order valence-electron chi connectivity index (χ3n) is 3.11. The van der Waals surface area contributed by atoms with Crippen molar-refractivity contribution < 1.29 is 9.84 Å². The van der Waals surface area contributed by atoms with Gasteiger partial charge in [-0.3, -0.25) is 0 Å². The molecule has 15 heavy (non-hydrogen) atoms. The Morgan fingerprint density at radius 3 is 2.80 bits per heavy atom. The molecule has 0 saturated carbocycles. The lowest BCUT2D eigenvalue weighted by Gasteiger charge is -2.20. The molecule has 0 aromatic carbocycles. The average Bonchev–Trinajstić information content (AvgIpc) is 2.70. The molecule has 1 fully saturated rings. The first-order valence-electron chi connectivity index (χ1n) is 6.13. The van der Waals surface area contributed by atoms with E-state index < -0.39 is 0 Å². The van der Waals surface area contributed by atoms with E-state index in [4.69, 9.17) is 4.74 Å². The van der Waals surface area contributed by atoms with Crippen molar-refractivity contribution in [2.24, 2.45) is 17.8 Å². The summed E-state index contributed by atoms with van der Waals surface area (Å²) in [6.07, 6.45) is 2.19. The van der Waals surface area contributed by atoms with Crippen molar-refractivity contribution in [1.82, 2.24) is 5.32 Å². The first-order chi connectivity index (χ1) is 7.24. The molecule has 1 heterocycles. The Morgan fingerprint density at radius 2 is 2.27 bits per heavy atom. The van der Waals surface area contributed by atoms with Gasteiger partial charge in [-0.05, 0) is 43.7 Å². The molecule has 1 rings (SSSR count). The number of hydrogen-bond donors (Lipinski definition) is 2. The average molecular weight is 215 g/mol. The van der Waals surface area contributed by atoms with Crippen LogP contribution >= 0.6 is 0 Å². The zero-order valence-electron chi connectivity index (χ0n) is 10.0. The minimum absolute atomic E-state index is 0.303. The Balaban J connectivity index is 2.10. The summed E-state index contributed by atoms with van der Waals surface area (Å²) in [7, 11) is 0. The smallest absolute Gasteiger partial charge is 0.0498 e. The summed E-state index contributed by atoms with van der Waals surface area (Å²) in [6, 6.07) is 0. The first-order valence-corrected chi connectivity index (χ1v) is 6.13. The van der Waals surface area contributed by atoms with E-state index in [1.807, 2.05) is 0 Å². The lowest BCUT2D eigenvalue weighted by molar-refractivity contribution is 0.134. The zero-order chi connectivity index (χ0) is 11.1. The van der Waals surface area contributed by atoms with Gasteiger partial charge in [0.25, 0.3) is 0 Å². The maximum Gasteiger partial charge on any atom is 0.0498 e. The fourth-order valence-electron chi connectivity index (χ4n) is 2.08. The molecule has 3 heteroatoms. The monoisotopic (exact) mass is 215 g/mol. The zero-order valence-corrected chi connectivity index (χ0v) is 10.0. The minimum Gasteiger partial charge on any atom is -0.396 e. The van der Waals surface area contributed by atoms with Gasteiger partial charge in [0.2, 0.25) is 0 Å². The van der Waals surface area contributed by atoms with Crippen molar-refractivity contribution in [3.8, 4) is 0 Å². The largest absolute Gasteiger partial charge is 0.396 e. The molecule has 1 aliphatic rings. The number of rotatable bonds is 7. The molecule has 0 radical (unpaired) electrons. The third kappa shape index (κ3) is 4.96. The SMILES string of the molecule is CC(C)CNCCC(CO)C1CCOC1. The predicted octanol–water partition coefficient (Wildman–Crippen LogP) is 1.27. The molecule has 3 nitrogen and oxygen atoms in total. The van der Waals surface area contributed by atoms with Crippen molar-refractivity contribution in [1.29, 1.82) is 0 Å². The highest BCUT2D eigenvalue weighted by molar-refractivity contribution is 4.74. The van der Waals surface area contributed by atoms with E-state index >= 15 is 0 Å². The molecule has 0 bridgehead atoms. The molecular weight excluding hydrogens is 190 g/mol. The molecule has 1 aliphatic heterocycles. The van der Waals surface area contributed by atoms with Crippen molar-refractivity contribution in [2.45, 2.75) is 26.7 Å². The first kappa shape index (κ1) is 12.9. The van der Waals surface area contributed by atoms with Crippen LogP contribution in [0.2, 0.25) is 0 Å². The van der Waals surface area contributed by atoms with E-state index in [0.29, 0.717) is 24.4 Å². The van der Waals surface area contributed by atoms with Gasteiger partial charge in [-0.15, -0.1) is 0 Å². The summed E-state index contributed by atoms with van der Waals surface area (Å²) < 4.78 is 5.35. The number of ether oxygens (including phenoxy) is 1. The van der Waals surface area contributed by atoms with Gasteiger partial charge in [0.15, 0.2) is 0 Å². The van der Waals surface area contributed by atoms with Crippen LogP contribution in [0.5, 0.6) is 0 Å². The van der Waals surface area contributed by atoms with Crippen LogP contribution in [0, 0.1) is 17.8 Å². The second-order valence-electron chi connectivity index (χ2n) is 4.95. The molecule has 2 N–H and O–H groups in total. The van der Waals surface area contributed by atoms with Crippen LogP contribution in [-0.2, 0) is 4.74 Å². The highest BCUT2D eigenvalue weighted by Gasteiger charge is 2.24.